The van der Waals surface area contributed by atoms with E-state index in [1.807, 2.05) is 25.3 Å². The van der Waals surface area contributed by atoms with Crippen LogP contribution in [0.4, 0.5) is 5.82 Å². The molecule has 0 saturated carbocycles. The maximum absolute atomic E-state index is 6.08. The number of hydrogen-bond acceptors (Lipinski definition) is 4. The number of anilines is 1. The molecule has 0 N–H and O–H groups in total. The molecule has 0 atom stereocenters. The highest BCUT2D eigenvalue weighted by atomic mass is 35.5. The second-order valence-corrected chi connectivity index (χ2v) is 8.82. The van der Waals surface area contributed by atoms with E-state index in [1.165, 1.54) is 12.8 Å². The van der Waals surface area contributed by atoms with Crippen LogP contribution in [0.2, 0.25) is 10.0 Å². The van der Waals surface area contributed by atoms with Gasteiger partial charge in [-0.1, -0.05) is 48.8 Å². The average Bonchev–Trinajstić information content (AvgIpc) is 2.53. The Morgan fingerprint density at radius 1 is 1.12 bits per heavy atom. The zero-order chi connectivity index (χ0) is 17.3. The lowest BCUT2D eigenvalue weighted by Gasteiger charge is -2.37. The van der Waals surface area contributed by atoms with Crippen molar-refractivity contribution in [3.8, 4) is 0 Å². The van der Waals surface area contributed by atoms with E-state index in [1.54, 1.807) is 17.8 Å². The van der Waals surface area contributed by atoms with E-state index in [-0.39, 0.29) is 0 Å². The topological polar surface area (TPSA) is 29.0 Å². The zero-order valence-corrected chi connectivity index (χ0v) is 16.5. The molecule has 0 amide bonds. The van der Waals surface area contributed by atoms with Crippen LogP contribution in [-0.2, 0) is 0 Å². The van der Waals surface area contributed by atoms with Gasteiger partial charge in [0.15, 0.2) is 0 Å². The summed E-state index contributed by atoms with van der Waals surface area (Å²) in [5.41, 5.74) is 1.37. The number of rotatable bonds is 3. The normalized spacial score (nSPS) is 17.1. The molecule has 3 rings (SSSR count). The van der Waals surface area contributed by atoms with Crippen molar-refractivity contribution in [3.05, 3.63) is 40.1 Å². The molecule has 6 heteroatoms. The number of halogens is 2. The Balaban J connectivity index is 1.74. The maximum Gasteiger partial charge on any atom is 0.147 e. The van der Waals surface area contributed by atoms with Crippen molar-refractivity contribution in [1.29, 1.82) is 0 Å². The Bertz CT molecular complexity index is 739. The first kappa shape index (κ1) is 17.8. The molecule has 1 aromatic carbocycles. The van der Waals surface area contributed by atoms with E-state index in [9.17, 15) is 0 Å². The van der Waals surface area contributed by atoms with E-state index < -0.39 is 0 Å². The summed E-state index contributed by atoms with van der Waals surface area (Å²) in [6, 6.07) is 5.61. The summed E-state index contributed by atoms with van der Waals surface area (Å²) in [6.07, 6.45) is 4.26. The second kappa shape index (κ2) is 7.11. The lowest BCUT2D eigenvalue weighted by Crippen LogP contribution is -2.37. The molecule has 3 nitrogen and oxygen atoms in total. The van der Waals surface area contributed by atoms with Gasteiger partial charge >= 0.3 is 0 Å². The van der Waals surface area contributed by atoms with Gasteiger partial charge in [0.25, 0.3) is 0 Å². The number of aryl methyl sites for hydroxylation is 1. The van der Waals surface area contributed by atoms with Crippen molar-refractivity contribution < 1.29 is 0 Å². The molecule has 1 aromatic heterocycles. The molecule has 0 spiro atoms. The first-order valence-electron chi connectivity index (χ1n) is 8.06. The Kier molecular flexibility index (Phi) is 5.28. The second-order valence-electron chi connectivity index (χ2n) is 6.95. The lowest BCUT2D eigenvalue weighted by atomic mass is 9.83. The lowest BCUT2D eigenvalue weighted by molar-refractivity contribution is 0.279. The molecular weight excluding hydrogens is 361 g/mol. The predicted octanol–water partition coefficient (Wildman–Crippen LogP) is 5.87. The Morgan fingerprint density at radius 2 is 1.83 bits per heavy atom. The van der Waals surface area contributed by atoms with Crippen LogP contribution in [-0.4, -0.2) is 23.1 Å². The fraction of sp³-hybridized carbons (Fsp3) is 0.444. The van der Waals surface area contributed by atoms with E-state index >= 15 is 0 Å². The number of aromatic nitrogens is 2. The zero-order valence-electron chi connectivity index (χ0n) is 14.1. The molecule has 1 aliphatic heterocycles. The van der Waals surface area contributed by atoms with Crippen LogP contribution in [0, 0.1) is 12.3 Å². The smallest absolute Gasteiger partial charge is 0.147 e. The van der Waals surface area contributed by atoms with Crippen LogP contribution < -0.4 is 4.90 Å². The van der Waals surface area contributed by atoms with Gasteiger partial charge < -0.3 is 4.90 Å². The minimum atomic E-state index is 0.433. The Labute approximate surface area is 157 Å². The Hall–Kier alpha value is -0.970. The van der Waals surface area contributed by atoms with Crippen LogP contribution >= 0.6 is 35.0 Å². The molecule has 1 fully saturated rings. The van der Waals surface area contributed by atoms with E-state index in [0.717, 1.165) is 34.5 Å². The van der Waals surface area contributed by atoms with Crippen LogP contribution in [0.15, 0.2) is 34.3 Å². The van der Waals surface area contributed by atoms with Crippen LogP contribution in [0.1, 0.15) is 32.4 Å². The molecule has 0 bridgehead atoms. The van der Waals surface area contributed by atoms with Gasteiger partial charge in [-0.25, -0.2) is 9.97 Å². The van der Waals surface area contributed by atoms with Gasteiger partial charge in [-0.05, 0) is 43.4 Å². The Morgan fingerprint density at radius 3 is 2.46 bits per heavy atom. The summed E-state index contributed by atoms with van der Waals surface area (Å²) < 4.78 is 0. The van der Waals surface area contributed by atoms with E-state index in [0.29, 0.717) is 15.5 Å². The minimum Gasteiger partial charge on any atom is -0.355 e. The van der Waals surface area contributed by atoms with Crippen molar-refractivity contribution >= 4 is 40.8 Å². The van der Waals surface area contributed by atoms with Gasteiger partial charge in [-0.2, -0.15) is 0 Å². The molecule has 0 radical (unpaired) electrons. The third-order valence-corrected chi connectivity index (χ3v) is 6.26. The predicted molar refractivity (Wildman–Crippen MR) is 103 cm³/mol. The largest absolute Gasteiger partial charge is 0.355 e. The van der Waals surface area contributed by atoms with Gasteiger partial charge in [0.05, 0.1) is 21.9 Å². The monoisotopic (exact) mass is 381 g/mol. The molecule has 24 heavy (non-hydrogen) atoms. The van der Waals surface area contributed by atoms with Crippen molar-refractivity contribution in [1.82, 2.24) is 9.97 Å². The highest BCUT2D eigenvalue weighted by Crippen LogP contribution is 2.34. The first-order valence-corrected chi connectivity index (χ1v) is 9.63. The van der Waals surface area contributed by atoms with Gasteiger partial charge in [-0.3, -0.25) is 0 Å². The molecule has 128 valence electrons. The maximum atomic E-state index is 6.08. The average molecular weight is 382 g/mol. The summed E-state index contributed by atoms with van der Waals surface area (Å²) in [5, 5.41) is 2.02. The van der Waals surface area contributed by atoms with Crippen LogP contribution in [0.3, 0.4) is 0 Å². The summed E-state index contributed by atoms with van der Waals surface area (Å²) in [7, 11) is 0. The molecule has 0 unspecified atom stereocenters. The summed E-state index contributed by atoms with van der Waals surface area (Å²) >= 11 is 13.6. The standard InChI is InChI=1S/C18H21Cl2N3S/c1-12-17(24-13-4-5-14(19)15(20)10-13)21-11-16(22-12)23-8-6-18(2,3)7-9-23/h4-5,10-11H,6-9H2,1-3H3. The number of piperidine rings is 1. The van der Waals surface area contributed by atoms with Crippen molar-refractivity contribution in [2.45, 2.75) is 43.5 Å². The molecular formula is C18H21Cl2N3S. The SMILES string of the molecule is Cc1nc(N2CCC(C)(C)CC2)cnc1Sc1ccc(Cl)c(Cl)c1. The highest BCUT2D eigenvalue weighted by molar-refractivity contribution is 7.99. The number of hydrogen-bond donors (Lipinski definition) is 0. The van der Waals surface area contributed by atoms with Crippen molar-refractivity contribution in [3.63, 3.8) is 0 Å². The molecule has 1 aliphatic rings. The summed E-state index contributed by atoms with van der Waals surface area (Å²) in [4.78, 5) is 12.7. The van der Waals surface area contributed by atoms with Gasteiger partial charge in [0.1, 0.15) is 10.8 Å². The molecule has 0 aliphatic carbocycles. The number of benzene rings is 1. The fourth-order valence-electron chi connectivity index (χ4n) is 2.70. The first-order chi connectivity index (χ1) is 11.3. The third kappa shape index (κ3) is 4.16. The van der Waals surface area contributed by atoms with Crippen LogP contribution in [0.5, 0.6) is 0 Å². The summed E-state index contributed by atoms with van der Waals surface area (Å²) in [5.74, 6) is 0.974. The number of nitrogens with zero attached hydrogens (tertiary/aromatic N) is 3. The quantitative estimate of drug-likeness (QED) is 0.664. The van der Waals surface area contributed by atoms with Crippen molar-refractivity contribution in [2.24, 2.45) is 5.41 Å². The molecule has 2 heterocycles. The van der Waals surface area contributed by atoms with Crippen molar-refractivity contribution in [2.75, 3.05) is 18.0 Å². The van der Waals surface area contributed by atoms with Gasteiger partial charge in [0, 0.05) is 18.0 Å². The van der Waals surface area contributed by atoms with E-state index in [4.69, 9.17) is 28.2 Å². The summed E-state index contributed by atoms with van der Waals surface area (Å²) in [6.45, 7) is 8.75. The molecule has 1 saturated heterocycles. The third-order valence-electron chi connectivity index (χ3n) is 4.44. The highest BCUT2D eigenvalue weighted by Gasteiger charge is 2.26. The van der Waals surface area contributed by atoms with E-state index in [2.05, 4.69) is 23.7 Å². The van der Waals surface area contributed by atoms with Gasteiger partial charge in [0.2, 0.25) is 0 Å². The molecule has 2 aromatic rings. The van der Waals surface area contributed by atoms with Crippen LogP contribution in [0.25, 0.3) is 0 Å². The minimum absolute atomic E-state index is 0.433. The fourth-order valence-corrected chi connectivity index (χ4v) is 3.90. The van der Waals surface area contributed by atoms with Gasteiger partial charge in [-0.15, -0.1) is 0 Å².